The van der Waals surface area contributed by atoms with E-state index in [2.05, 4.69) is 16.9 Å². The molecule has 2 aliphatic rings. The fourth-order valence-electron chi connectivity index (χ4n) is 5.21. The van der Waals surface area contributed by atoms with Gasteiger partial charge >= 0.3 is 0 Å². The normalized spacial score (nSPS) is 19.0. The van der Waals surface area contributed by atoms with Crippen LogP contribution in [-0.4, -0.2) is 68.0 Å². The van der Waals surface area contributed by atoms with Crippen molar-refractivity contribution >= 4 is 17.7 Å². The number of carbonyl (C=O) groups excluding carboxylic acids is 3. The summed E-state index contributed by atoms with van der Waals surface area (Å²) in [5.74, 6) is -1.05. The third-order valence-electron chi connectivity index (χ3n) is 6.99. The van der Waals surface area contributed by atoms with Crippen molar-refractivity contribution in [1.82, 2.24) is 29.9 Å². The second-order valence-electron chi connectivity index (χ2n) is 9.61. The van der Waals surface area contributed by atoms with Crippen molar-refractivity contribution in [2.45, 2.75) is 38.4 Å². The lowest BCUT2D eigenvalue weighted by molar-refractivity contribution is -0.125. The molecule has 2 aromatic heterocycles. The molecule has 2 atom stereocenters. The third kappa shape index (κ3) is 4.91. The number of carbonyl (C=O) groups is 3. The summed E-state index contributed by atoms with van der Waals surface area (Å²) in [7, 11) is 0. The van der Waals surface area contributed by atoms with Crippen molar-refractivity contribution in [3.8, 4) is 0 Å². The van der Waals surface area contributed by atoms with Crippen LogP contribution in [-0.2, 0) is 17.9 Å². The van der Waals surface area contributed by atoms with Crippen LogP contribution in [0, 0.1) is 5.82 Å². The summed E-state index contributed by atoms with van der Waals surface area (Å²) < 4.78 is 15.2. The first-order valence-electron chi connectivity index (χ1n) is 12.3. The SMILES string of the molecule is C=CC(=O)N1CC[C@H](NC(=O)c2nn(Cc3ccc(F)cc3)c3c2CN(C(=O)c2ccc[nH]2)C[C@H]3C)C1. The van der Waals surface area contributed by atoms with Gasteiger partial charge in [0.1, 0.15) is 11.5 Å². The molecule has 1 aromatic carbocycles. The number of aromatic nitrogens is 3. The van der Waals surface area contributed by atoms with Crippen molar-refractivity contribution < 1.29 is 18.8 Å². The molecule has 192 valence electrons. The Bertz CT molecular complexity index is 1330. The predicted molar refractivity (Wildman–Crippen MR) is 134 cm³/mol. The van der Waals surface area contributed by atoms with E-state index in [1.807, 2.05) is 6.92 Å². The quantitative estimate of drug-likeness (QED) is 0.504. The van der Waals surface area contributed by atoms with Gasteiger partial charge in [0.05, 0.1) is 13.1 Å². The van der Waals surface area contributed by atoms with E-state index >= 15 is 0 Å². The Morgan fingerprint density at radius 3 is 2.68 bits per heavy atom. The van der Waals surface area contributed by atoms with Gasteiger partial charge in [0.25, 0.3) is 11.8 Å². The highest BCUT2D eigenvalue weighted by Crippen LogP contribution is 2.32. The average molecular weight is 505 g/mol. The highest BCUT2D eigenvalue weighted by Gasteiger charge is 2.35. The summed E-state index contributed by atoms with van der Waals surface area (Å²) in [5.41, 5.74) is 3.19. The van der Waals surface area contributed by atoms with E-state index in [-0.39, 0.29) is 47.7 Å². The van der Waals surface area contributed by atoms with E-state index in [4.69, 9.17) is 5.10 Å². The lowest BCUT2D eigenvalue weighted by Crippen LogP contribution is -2.40. The van der Waals surface area contributed by atoms with E-state index in [0.717, 1.165) is 11.3 Å². The fourth-order valence-corrected chi connectivity index (χ4v) is 5.21. The molecular formula is C27H29FN6O3. The molecule has 0 bridgehead atoms. The standard InChI is InChI=1S/C27H29FN6O3/c1-3-23(35)32-12-10-20(15-32)30-26(36)24-21-16-33(27(37)22-5-4-11-29-22)13-17(2)25(21)34(31-24)14-18-6-8-19(28)9-7-18/h3-9,11,17,20,29H,1,10,12-16H2,2H3,(H,30,36)/t17-,20+/m1/s1. The number of fused-ring (bicyclic) bond motifs is 1. The van der Waals surface area contributed by atoms with Crippen LogP contribution in [0.5, 0.6) is 0 Å². The molecule has 0 saturated carbocycles. The fraction of sp³-hybridized carbons (Fsp3) is 0.333. The molecule has 9 nitrogen and oxygen atoms in total. The monoisotopic (exact) mass is 504 g/mol. The Balaban J connectivity index is 1.44. The number of rotatable bonds is 6. The number of nitrogens with zero attached hydrogens (tertiary/aromatic N) is 4. The highest BCUT2D eigenvalue weighted by atomic mass is 19.1. The summed E-state index contributed by atoms with van der Waals surface area (Å²) in [5, 5.41) is 7.72. The van der Waals surface area contributed by atoms with E-state index in [9.17, 15) is 18.8 Å². The van der Waals surface area contributed by atoms with Gasteiger partial charge in [-0.15, -0.1) is 0 Å². The summed E-state index contributed by atoms with van der Waals surface area (Å²) >= 11 is 0. The molecule has 4 heterocycles. The van der Waals surface area contributed by atoms with Crippen LogP contribution < -0.4 is 5.32 Å². The zero-order chi connectivity index (χ0) is 26.1. The Labute approximate surface area is 213 Å². The first-order valence-corrected chi connectivity index (χ1v) is 12.3. The maximum atomic E-state index is 13.5. The van der Waals surface area contributed by atoms with Crippen molar-refractivity contribution in [1.29, 1.82) is 0 Å². The molecule has 3 aromatic rings. The molecule has 1 saturated heterocycles. The number of halogens is 1. The molecule has 3 amide bonds. The van der Waals surface area contributed by atoms with Gasteiger partial charge in [-0.2, -0.15) is 5.10 Å². The van der Waals surface area contributed by atoms with Crippen molar-refractivity contribution in [3.63, 3.8) is 0 Å². The van der Waals surface area contributed by atoms with Gasteiger partial charge < -0.3 is 20.1 Å². The lowest BCUT2D eigenvalue weighted by Gasteiger charge is -2.32. The zero-order valence-corrected chi connectivity index (χ0v) is 20.6. The number of aromatic amines is 1. The number of hydrogen-bond acceptors (Lipinski definition) is 4. The second kappa shape index (κ2) is 10.0. The van der Waals surface area contributed by atoms with Crippen LogP contribution >= 0.6 is 0 Å². The zero-order valence-electron chi connectivity index (χ0n) is 20.6. The van der Waals surface area contributed by atoms with E-state index in [0.29, 0.717) is 43.9 Å². The first kappa shape index (κ1) is 24.5. The van der Waals surface area contributed by atoms with Crippen molar-refractivity contribution in [3.05, 3.63) is 89.3 Å². The molecule has 1 fully saturated rings. The van der Waals surface area contributed by atoms with Crippen LogP contribution in [0.4, 0.5) is 4.39 Å². The van der Waals surface area contributed by atoms with Crippen LogP contribution in [0.3, 0.4) is 0 Å². The van der Waals surface area contributed by atoms with Gasteiger partial charge in [0.15, 0.2) is 5.69 Å². The average Bonchev–Trinajstić information content (AvgIpc) is 3.65. The number of H-pyrrole nitrogens is 1. The minimum absolute atomic E-state index is 0.0793. The number of hydrogen-bond donors (Lipinski definition) is 2. The van der Waals surface area contributed by atoms with Crippen LogP contribution in [0.25, 0.3) is 0 Å². The van der Waals surface area contributed by atoms with Gasteiger partial charge in [-0.3, -0.25) is 19.1 Å². The molecule has 5 rings (SSSR count). The van der Waals surface area contributed by atoms with Crippen LogP contribution in [0.15, 0.2) is 55.3 Å². The number of nitrogens with one attached hydrogen (secondary N) is 2. The molecule has 2 aliphatic heterocycles. The summed E-state index contributed by atoms with van der Waals surface area (Å²) in [4.78, 5) is 44.9. The summed E-state index contributed by atoms with van der Waals surface area (Å²) in [6.45, 7) is 7.58. The van der Waals surface area contributed by atoms with Gasteiger partial charge in [-0.05, 0) is 42.3 Å². The Kier molecular flexibility index (Phi) is 6.64. The maximum Gasteiger partial charge on any atom is 0.272 e. The lowest BCUT2D eigenvalue weighted by atomic mass is 9.95. The smallest absolute Gasteiger partial charge is 0.272 e. The third-order valence-corrected chi connectivity index (χ3v) is 6.99. The summed E-state index contributed by atoms with van der Waals surface area (Å²) in [6, 6.07) is 9.48. The number of benzene rings is 1. The molecule has 37 heavy (non-hydrogen) atoms. The largest absolute Gasteiger partial charge is 0.357 e. The van der Waals surface area contributed by atoms with E-state index in [1.54, 1.807) is 44.9 Å². The minimum atomic E-state index is -0.339. The topological polar surface area (TPSA) is 103 Å². The molecule has 0 radical (unpaired) electrons. The number of likely N-dealkylation sites (tertiary alicyclic amines) is 1. The Hall–Kier alpha value is -4.21. The van der Waals surface area contributed by atoms with E-state index in [1.165, 1.54) is 18.2 Å². The van der Waals surface area contributed by atoms with E-state index < -0.39 is 0 Å². The molecule has 0 unspecified atom stereocenters. The van der Waals surface area contributed by atoms with Crippen molar-refractivity contribution in [2.24, 2.45) is 0 Å². The predicted octanol–water partition coefficient (Wildman–Crippen LogP) is 2.67. The van der Waals surface area contributed by atoms with Crippen LogP contribution in [0.2, 0.25) is 0 Å². The van der Waals surface area contributed by atoms with Gasteiger partial charge in [-0.25, -0.2) is 4.39 Å². The Morgan fingerprint density at radius 2 is 1.97 bits per heavy atom. The molecule has 2 N–H and O–H groups in total. The molecule has 0 aliphatic carbocycles. The second-order valence-corrected chi connectivity index (χ2v) is 9.61. The van der Waals surface area contributed by atoms with Gasteiger partial charge in [0, 0.05) is 49.0 Å². The van der Waals surface area contributed by atoms with Crippen molar-refractivity contribution in [2.75, 3.05) is 19.6 Å². The van der Waals surface area contributed by atoms with Gasteiger partial charge in [-0.1, -0.05) is 25.6 Å². The highest BCUT2D eigenvalue weighted by molar-refractivity contribution is 5.96. The molecule has 10 heteroatoms. The number of amides is 3. The maximum absolute atomic E-state index is 13.5. The first-order chi connectivity index (χ1) is 17.8. The minimum Gasteiger partial charge on any atom is -0.357 e. The molecular weight excluding hydrogens is 475 g/mol. The van der Waals surface area contributed by atoms with Crippen LogP contribution in [0.1, 0.15) is 57.1 Å². The summed E-state index contributed by atoms with van der Waals surface area (Å²) in [6.07, 6.45) is 3.61. The van der Waals surface area contributed by atoms with Gasteiger partial charge in [0.2, 0.25) is 5.91 Å². The molecule has 0 spiro atoms. The Morgan fingerprint density at radius 1 is 1.19 bits per heavy atom.